The van der Waals surface area contributed by atoms with Gasteiger partial charge in [0.05, 0.1) is 35.2 Å². The number of piperidine rings is 1. The topological polar surface area (TPSA) is 120 Å². The van der Waals surface area contributed by atoms with Crippen LogP contribution in [0.15, 0.2) is 66.9 Å². The lowest BCUT2D eigenvalue weighted by Gasteiger charge is -2.32. The van der Waals surface area contributed by atoms with Crippen molar-refractivity contribution >= 4 is 47.1 Å². The van der Waals surface area contributed by atoms with E-state index in [1.165, 1.54) is 18.5 Å². The van der Waals surface area contributed by atoms with E-state index in [2.05, 4.69) is 58.6 Å². The first-order valence-corrected chi connectivity index (χ1v) is 19.3. The molecule has 3 aromatic heterocycles. The molecule has 1 aliphatic heterocycles. The number of pyridine rings is 1. The summed E-state index contributed by atoms with van der Waals surface area (Å²) in [6.07, 6.45) is 8.67. The van der Waals surface area contributed by atoms with Gasteiger partial charge in [0.2, 0.25) is 5.95 Å². The van der Waals surface area contributed by atoms with Crippen LogP contribution in [0.2, 0.25) is 5.02 Å². The van der Waals surface area contributed by atoms with Gasteiger partial charge in [-0.2, -0.15) is 5.10 Å². The summed E-state index contributed by atoms with van der Waals surface area (Å²) < 4.78 is 21.6. The number of anilines is 2. The maximum atomic E-state index is 13.7. The minimum atomic E-state index is -0.330. The molecular weight excluding hydrogens is 700 g/mol. The van der Waals surface area contributed by atoms with Crippen molar-refractivity contribution in [2.75, 3.05) is 42.8 Å². The number of hydrogen-bond acceptors (Lipinski definition) is 9. The molecule has 0 bridgehead atoms. The second-order valence-corrected chi connectivity index (χ2v) is 15.1. The molecule has 2 N–H and O–H groups in total. The molecule has 2 amide bonds. The van der Waals surface area contributed by atoms with E-state index in [-0.39, 0.29) is 23.6 Å². The Labute approximate surface area is 313 Å². The SMILES string of the molecule is CSOCCOc1cc(-n2nc(C(C)(C)C)cc2NC(=O)N[C@H]2CC[C@@H](Oc3ccc4nnc(N5CCCCC5)n4c3)c3ccccc32)ccc1Cl. The first-order valence-electron chi connectivity index (χ1n) is 17.8. The Morgan fingerprint density at radius 2 is 1.79 bits per heavy atom. The summed E-state index contributed by atoms with van der Waals surface area (Å²) >= 11 is 7.74. The first-order chi connectivity index (χ1) is 25.2. The van der Waals surface area contributed by atoms with E-state index in [0.29, 0.717) is 41.9 Å². The zero-order valence-corrected chi connectivity index (χ0v) is 31.5. The number of ether oxygens (including phenoxy) is 2. The summed E-state index contributed by atoms with van der Waals surface area (Å²) in [6.45, 7) is 8.98. The molecule has 0 saturated carbocycles. The van der Waals surface area contributed by atoms with Crippen LogP contribution in [0.5, 0.6) is 11.5 Å². The molecule has 5 aromatic rings. The molecule has 2 aromatic carbocycles. The quantitative estimate of drug-likeness (QED) is 0.102. The van der Waals surface area contributed by atoms with Crippen molar-refractivity contribution in [1.82, 2.24) is 29.7 Å². The molecule has 274 valence electrons. The molecule has 0 radical (unpaired) electrons. The number of carbonyl (C=O) groups excluding carboxylic acids is 1. The molecule has 7 rings (SSSR count). The third-order valence-corrected chi connectivity index (χ3v) is 10.2. The van der Waals surface area contributed by atoms with Gasteiger partial charge >= 0.3 is 6.03 Å². The van der Waals surface area contributed by atoms with Gasteiger partial charge < -0.3 is 23.9 Å². The van der Waals surface area contributed by atoms with Gasteiger partial charge in [-0.25, -0.2) is 9.48 Å². The van der Waals surface area contributed by atoms with Gasteiger partial charge in [0, 0.05) is 36.9 Å². The molecule has 4 heterocycles. The van der Waals surface area contributed by atoms with Crippen molar-refractivity contribution in [1.29, 1.82) is 0 Å². The molecule has 1 fully saturated rings. The Morgan fingerprint density at radius 1 is 0.981 bits per heavy atom. The van der Waals surface area contributed by atoms with Gasteiger partial charge in [0.25, 0.3) is 0 Å². The van der Waals surface area contributed by atoms with Crippen LogP contribution in [0.1, 0.15) is 81.8 Å². The smallest absolute Gasteiger partial charge is 0.320 e. The van der Waals surface area contributed by atoms with E-state index in [1.807, 2.05) is 59.3 Å². The third-order valence-electron chi connectivity index (χ3n) is 9.44. The number of fused-ring (bicyclic) bond motifs is 2. The fourth-order valence-corrected chi connectivity index (χ4v) is 7.18. The van der Waals surface area contributed by atoms with Crippen molar-refractivity contribution in [2.45, 2.75) is 70.4 Å². The van der Waals surface area contributed by atoms with E-state index in [0.717, 1.165) is 66.5 Å². The highest BCUT2D eigenvalue weighted by molar-refractivity contribution is 7.93. The van der Waals surface area contributed by atoms with Crippen LogP contribution in [-0.4, -0.2) is 63.0 Å². The molecule has 12 nitrogen and oxygen atoms in total. The number of carbonyl (C=O) groups is 1. The summed E-state index contributed by atoms with van der Waals surface area (Å²) in [5.41, 5.74) is 4.14. The standard InChI is InChI=1S/C38H45ClN8O4S/c1-38(2,3)33-23-35(47(44-33)25-12-14-29(39)32(22-25)49-20-21-50-52-4)41-36(48)40-30-15-16-31(28-11-7-6-10-27(28)30)51-26-13-17-34-42-43-37(46(34)24-26)45-18-8-5-9-19-45/h6-7,10-14,17,22-24,30-31H,5,8-9,15-16,18-21H2,1-4H3,(H2,40,41,48)/t30-,31+/m0/s1. The fraction of sp³-hybridized carbons (Fsp3) is 0.421. The van der Waals surface area contributed by atoms with Gasteiger partial charge in [-0.3, -0.25) is 9.72 Å². The number of nitrogens with zero attached hydrogens (tertiary/aromatic N) is 6. The molecule has 2 atom stereocenters. The number of rotatable bonds is 11. The molecule has 1 saturated heterocycles. The van der Waals surface area contributed by atoms with E-state index in [4.69, 9.17) is 30.4 Å². The zero-order chi connectivity index (χ0) is 36.2. The van der Waals surface area contributed by atoms with Crippen LogP contribution < -0.4 is 25.0 Å². The van der Waals surface area contributed by atoms with Crippen molar-refractivity contribution in [2.24, 2.45) is 0 Å². The predicted octanol–water partition coefficient (Wildman–Crippen LogP) is 8.31. The average molecular weight is 745 g/mol. The fourth-order valence-electron chi connectivity index (χ4n) is 6.77. The maximum absolute atomic E-state index is 13.7. The number of nitrogens with one attached hydrogen (secondary N) is 2. The minimum Gasteiger partial charge on any atom is -0.489 e. The summed E-state index contributed by atoms with van der Waals surface area (Å²) in [7, 11) is 0. The molecule has 14 heteroatoms. The lowest BCUT2D eigenvalue weighted by atomic mass is 9.85. The van der Waals surface area contributed by atoms with Crippen molar-refractivity contribution in [3.63, 3.8) is 0 Å². The average Bonchev–Trinajstić information content (AvgIpc) is 3.77. The van der Waals surface area contributed by atoms with E-state index < -0.39 is 0 Å². The monoisotopic (exact) mass is 744 g/mol. The second-order valence-electron chi connectivity index (χ2n) is 14.1. The number of benzene rings is 2. The Bertz CT molecular complexity index is 2020. The second kappa shape index (κ2) is 15.6. The van der Waals surface area contributed by atoms with Crippen molar-refractivity contribution in [3.8, 4) is 17.2 Å². The van der Waals surface area contributed by atoms with Crippen LogP contribution in [0.25, 0.3) is 11.3 Å². The maximum Gasteiger partial charge on any atom is 0.320 e. The third kappa shape index (κ3) is 7.96. The summed E-state index contributed by atoms with van der Waals surface area (Å²) in [5.74, 6) is 2.64. The number of urea groups is 1. The van der Waals surface area contributed by atoms with E-state index >= 15 is 0 Å². The minimum absolute atomic E-state index is 0.172. The highest BCUT2D eigenvalue weighted by Gasteiger charge is 2.30. The number of halogens is 1. The molecule has 52 heavy (non-hydrogen) atoms. The normalized spacial score (nSPS) is 17.5. The summed E-state index contributed by atoms with van der Waals surface area (Å²) in [4.78, 5) is 16.0. The predicted molar refractivity (Wildman–Crippen MR) is 205 cm³/mol. The zero-order valence-electron chi connectivity index (χ0n) is 30.0. The molecule has 2 aliphatic rings. The Hall–Kier alpha value is -4.46. The van der Waals surface area contributed by atoms with E-state index in [9.17, 15) is 4.79 Å². The lowest BCUT2D eigenvalue weighted by Crippen LogP contribution is -2.36. The van der Waals surface area contributed by atoms with Gasteiger partial charge in [-0.15, -0.1) is 10.2 Å². The summed E-state index contributed by atoms with van der Waals surface area (Å²) in [5, 5.41) is 20.5. The first kappa shape index (κ1) is 35.9. The molecule has 0 unspecified atom stereocenters. The largest absolute Gasteiger partial charge is 0.489 e. The van der Waals surface area contributed by atoms with E-state index in [1.54, 1.807) is 10.7 Å². The highest BCUT2D eigenvalue weighted by Crippen LogP contribution is 2.39. The van der Waals surface area contributed by atoms with Crippen LogP contribution in [0.3, 0.4) is 0 Å². The number of hydrogen-bond donors (Lipinski definition) is 2. The highest BCUT2D eigenvalue weighted by atomic mass is 35.5. The van der Waals surface area contributed by atoms with Crippen molar-refractivity contribution in [3.05, 3.63) is 88.7 Å². The molecular formula is C38H45ClN8O4S. The summed E-state index contributed by atoms with van der Waals surface area (Å²) in [6, 6.07) is 18.9. The van der Waals surface area contributed by atoms with Gasteiger partial charge in [0.1, 0.15) is 30.0 Å². The van der Waals surface area contributed by atoms with Crippen molar-refractivity contribution < 1.29 is 18.5 Å². The van der Waals surface area contributed by atoms with Crippen LogP contribution >= 0.6 is 23.6 Å². The van der Waals surface area contributed by atoms with Gasteiger partial charge in [-0.05, 0) is 79.5 Å². The van der Waals surface area contributed by atoms with Crippen LogP contribution in [0.4, 0.5) is 16.6 Å². The Morgan fingerprint density at radius 3 is 2.58 bits per heavy atom. The number of aromatic nitrogens is 5. The Kier molecular flexibility index (Phi) is 10.8. The molecule has 1 aliphatic carbocycles. The van der Waals surface area contributed by atoms with Gasteiger partial charge in [0.15, 0.2) is 5.65 Å². The van der Waals surface area contributed by atoms with Gasteiger partial charge in [-0.1, -0.05) is 56.6 Å². The molecule has 0 spiro atoms. The lowest BCUT2D eigenvalue weighted by molar-refractivity contribution is 0.171. The Balaban J connectivity index is 1.07. The van der Waals surface area contributed by atoms with Crippen LogP contribution in [0, 0.1) is 0 Å². The number of amides is 2. The van der Waals surface area contributed by atoms with Crippen LogP contribution in [-0.2, 0) is 9.60 Å².